The van der Waals surface area contributed by atoms with Gasteiger partial charge < -0.3 is 21.0 Å². The van der Waals surface area contributed by atoms with E-state index in [2.05, 4.69) is 10.2 Å². The molecule has 1 aliphatic rings. The van der Waals surface area contributed by atoms with Gasteiger partial charge in [0.05, 0.1) is 0 Å². The Balaban J connectivity index is 2.18. The maximum absolute atomic E-state index is 5.79. The topological polar surface area (TPSA) is 70.5 Å². The van der Waals surface area contributed by atoms with Crippen molar-refractivity contribution in [2.75, 3.05) is 39.8 Å². The van der Waals surface area contributed by atoms with Gasteiger partial charge in [-0.1, -0.05) is 0 Å². The molecule has 0 amide bonds. The summed E-state index contributed by atoms with van der Waals surface area (Å²) in [6, 6.07) is 0. The molecule has 0 atom stereocenters. The first kappa shape index (κ1) is 11.3. The van der Waals surface area contributed by atoms with Crippen LogP contribution in [-0.2, 0) is 0 Å². The van der Waals surface area contributed by atoms with Crippen LogP contribution in [0.25, 0.3) is 0 Å². The molecule has 1 saturated heterocycles. The molecule has 0 aromatic carbocycles. The molecule has 5 N–H and O–H groups in total. The summed E-state index contributed by atoms with van der Waals surface area (Å²) >= 11 is 0. The monoisotopic (exact) mass is 199 g/mol. The summed E-state index contributed by atoms with van der Waals surface area (Å²) in [5.41, 5.74) is 6.63. The van der Waals surface area contributed by atoms with Gasteiger partial charge >= 0.3 is 0 Å². The second-order valence-corrected chi connectivity index (χ2v) is 3.71. The molecule has 1 fully saturated rings. The van der Waals surface area contributed by atoms with Crippen LogP contribution in [-0.4, -0.2) is 49.7 Å². The Labute approximate surface area is 85.7 Å². The largest absolute Gasteiger partial charge is 0.401 e. The molecule has 0 aliphatic carbocycles. The van der Waals surface area contributed by atoms with Crippen LogP contribution in [0.2, 0.25) is 0 Å². The van der Waals surface area contributed by atoms with E-state index in [9.17, 15) is 0 Å². The second-order valence-electron chi connectivity index (χ2n) is 3.71. The number of nitrogens with two attached hydrogens (primary N) is 2. The minimum atomic E-state index is 0.841. The van der Waals surface area contributed by atoms with E-state index in [-0.39, 0.29) is 0 Å². The fourth-order valence-corrected chi connectivity index (χ4v) is 1.55. The number of piperazine rings is 1. The van der Waals surface area contributed by atoms with Gasteiger partial charge in [-0.05, 0) is 0 Å². The molecule has 0 aromatic heterocycles. The normalized spacial score (nSPS) is 19.7. The summed E-state index contributed by atoms with van der Waals surface area (Å²) < 4.78 is 0. The lowest BCUT2D eigenvalue weighted by Crippen LogP contribution is -2.44. The average molecular weight is 199 g/mol. The molecule has 0 unspecified atom stereocenters. The van der Waals surface area contributed by atoms with Gasteiger partial charge in [-0.3, -0.25) is 0 Å². The lowest BCUT2D eigenvalue weighted by molar-refractivity contribution is 0.243. The minimum absolute atomic E-state index is 0.841. The number of hydrogen-bond acceptors (Lipinski definition) is 5. The van der Waals surface area contributed by atoms with Crippen molar-refractivity contribution in [1.29, 1.82) is 0 Å². The van der Waals surface area contributed by atoms with Gasteiger partial charge in [-0.25, -0.2) is 5.84 Å². The van der Waals surface area contributed by atoms with Crippen LogP contribution in [0.1, 0.15) is 6.42 Å². The summed E-state index contributed by atoms with van der Waals surface area (Å²) in [5.74, 6) is 5.46. The van der Waals surface area contributed by atoms with Crippen molar-refractivity contribution in [2.45, 2.75) is 6.42 Å². The van der Waals surface area contributed by atoms with E-state index in [1.54, 1.807) is 13.2 Å². The maximum atomic E-state index is 5.79. The Morgan fingerprint density at radius 2 is 2.14 bits per heavy atom. The Hall–Kier alpha value is -0.780. The van der Waals surface area contributed by atoms with Crippen LogP contribution in [0.15, 0.2) is 11.9 Å². The van der Waals surface area contributed by atoms with Crippen molar-refractivity contribution in [3.63, 3.8) is 0 Å². The first-order chi connectivity index (χ1) is 6.68. The number of rotatable bonds is 4. The zero-order valence-electron chi connectivity index (χ0n) is 8.87. The number of nitrogens with zero attached hydrogens (tertiary/aromatic N) is 2. The third kappa shape index (κ3) is 4.45. The fraction of sp³-hybridized carbons (Fsp3) is 0.778. The van der Waals surface area contributed by atoms with Crippen molar-refractivity contribution in [3.8, 4) is 0 Å². The van der Waals surface area contributed by atoms with Crippen molar-refractivity contribution in [1.82, 2.24) is 15.2 Å². The lowest BCUT2D eigenvalue weighted by atomic mass is 10.3. The molecule has 0 bridgehead atoms. The Morgan fingerprint density at radius 1 is 1.50 bits per heavy atom. The molecule has 0 radical (unpaired) electrons. The molecule has 0 spiro atoms. The highest BCUT2D eigenvalue weighted by molar-refractivity contribution is 4.95. The van der Waals surface area contributed by atoms with Gasteiger partial charge in [0, 0.05) is 58.1 Å². The van der Waals surface area contributed by atoms with E-state index < -0.39 is 0 Å². The quantitative estimate of drug-likeness (QED) is 0.395. The molecule has 0 aromatic rings. The summed E-state index contributed by atoms with van der Waals surface area (Å²) in [4.78, 5) is 2.41. The molecular weight excluding hydrogens is 178 g/mol. The molecule has 5 nitrogen and oxygen atoms in total. The summed E-state index contributed by atoms with van der Waals surface area (Å²) in [6.45, 7) is 5.43. The van der Waals surface area contributed by atoms with Gasteiger partial charge in [0.2, 0.25) is 0 Å². The highest BCUT2D eigenvalue weighted by atomic mass is 15.4. The summed E-state index contributed by atoms with van der Waals surface area (Å²) in [6.07, 6.45) is 2.66. The van der Waals surface area contributed by atoms with E-state index in [4.69, 9.17) is 11.6 Å². The van der Waals surface area contributed by atoms with Crippen LogP contribution in [0, 0.1) is 0 Å². The zero-order valence-corrected chi connectivity index (χ0v) is 8.87. The third-order valence-electron chi connectivity index (χ3n) is 2.30. The molecule has 0 saturated carbocycles. The number of nitrogens with one attached hydrogen (secondary N) is 1. The van der Waals surface area contributed by atoms with Crippen LogP contribution >= 0.6 is 0 Å². The highest BCUT2D eigenvalue weighted by Crippen LogP contribution is 1.99. The SMILES string of the molecule is CN(N)/C=C(\N)CCN1CCNCC1. The van der Waals surface area contributed by atoms with Gasteiger partial charge in [0.25, 0.3) is 0 Å². The summed E-state index contributed by atoms with van der Waals surface area (Å²) in [7, 11) is 1.78. The van der Waals surface area contributed by atoms with Crippen LogP contribution in [0.4, 0.5) is 0 Å². The van der Waals surface area contributed by atoms with Gasteiger partial charge in [-0.15, -0.1) is 0 Å². The van der Waals surface area contributed by atoms with Crippen LogP contribution in [0.3, 0.4) is 0 Å². The van der Waals surface area contributed by atoms with Crippen LogP contribution < -0.4 is 16.9 Å². The highest BCUT2D eigenvalue weighted by Gasteiger charge is 2.08. The van der Waals surface area contributed by atoms with E-state index in [1.807, 2.05) is 0 Å². The van der Waals surface area contributed by atoms with Crippen LogP contribution in [0.5, 0.6) is 0 Å². The standard InChI is InChI=1S/C9H21N5/c1-13(11)8-9(10)2-5-14-6-3-12-4-7-14/h8,12H,2-7,10-11H2,1H3/b9-8-. The van der Waals surface area contributed by atoms with Crippen molar-refractivity contribution in [2.24, 2.45) is 11.6 Å². The Bertz CT molecular complexity index is 184. The molecule has 5 heteroatoms. The minimum Gasteiger partial charge on any atom is -0.401 e. The predicted molar refractivity (Wildman–Crippen MR) is 58.1 cm³/mol. The van der Waals surface area contributed by atoms with Gasteiger partial charge in [0.1, 0.15) is 0 Å². The molecule has 1 rings (SSSR count). The van der Waals surface area contributed by atoms with E-state index in [1.165, 1.54) is 5.01 Å². The van der Waals surface area contributed by atoms with E-state index >= 15 is 0 Å². The molecule has 82 valence electrons. The smallest absolute Gasteiger partial charge is 0.0340 e. The average Bonchev–Trinajstić information content (AvgIpc) is 2.15. The van der Waals surface area contributed by atoms with Gasteiger partial charge in [-0.2, -0.15) is 0 Å². The van der Waals surface area contributed by atoms with Crippen molar-refractivity contribution in [3.05, 3.63) is 11.9 Å². The van der Waals surface area contributed by atoms with E-state index in [0.717, 1.165) is 44.8 Å². The Kier molecular flexibility index (Phi) is 4.72. The first-order valence-electron chi connectivity index (χ1n) is 5.05. The third-order valence-corrected chi connectivity index (χ3v) is 2.30. The lowest BCUT2D eigenvalue weighted by Gasteiger charge is -2.27. The molecule has 14 heavy (non-hydrogen) atoms. The first-order valence-corrected chi connectivity index (χ1v) is 5.05. The number of hydrazine groups is 1. The zero-order chi connectivity index (χ0) is 10.4. The molecular formula is C9H21N5. The Morgan fingerprint density at radius 3 is 2.71 bits per heavy atom. The predicted octanol–water partition coefficient (Wildman–Crippen LogP) is -1.11. The number of hydrogen-bond donors (Lipinski definition) is 3. The van der Waals surface area contributed by atoms with Gasteiger partial charge in [0.15, 0.2) is 0 Å². The molecule has 1 aliphatic heterocycles. The maximum Gasteiger partial charge on any atom is 0.0340 e. The summed E-state index contributed by atoms with van der Waals surface area (Å²) in [5, 5.41) is 4.81. The van der Waals surface area contributed by atoms with Crippen molar-refractivity contribution >= 4 is 0 Å². The second kappa shape index (κ2) is 5.85. The molecule has 1 heterocycles. The van der Waals surface area contributed by atoms with Crippen molar-refractivity contribution < 1.29 is 0 Å². The fourth-order valence-electron chi connectivity index (χ4n) is 1.55. The van der Waals surface area contributed by atoms with E-state index in [0.29, 0.717) is 0 Å².